The lowest BCUT2D eigenvalue weighted by molar-refractivity contribution is -0.156. The van der Waals surface area contributed by atoms with Crippen LogP contribution in [0.25, 0.3) is 10.9 Å². The number of para-hydroxylation sites is 1. The quantitative estimate of drug-likeness (QED) is 0.738. The number of hydrogen-bond acceptors (Lipinski definition) is 2. The first kappa shape index (κ1) is 12.1. The van der Waals surface area contributed by atoms with E-state index in [4.69, 9.17) is 4.74 Å². The third-order valence-electron chi connectivity index (χ3n) is 6.81. The van der Waals surface area contributed by atoms with Crippen LogP contribution >= 0.6 is 0 Å². The third kappa shape index (κ3) is 1.27. The van der Waals surface area contributed by atoms with E-state index < -0.39 is 0 Å². The van der Waals surface area contributed by atoms with Crippen molar-refractivity contribution in [2.24, 2.45) is 5.41 Å². The number of benzene rings is 1. The average molecular weight is 294 g/mol. The Hall–Kier alpha value is -1.32. The van der Waals surface area contributed by atoms with Crippen molar-refractivity contribution in [3.63, 3.8) is 0 Å². The molecule has 4 aliphatic heterocycles. The largest absolute Gasteiger partial charge is 0.358 e. The van der Waals surface area contributed by atoms with Crippen LogP contribution < -0.4 is 0 Å². The molecule has 2 bridgehead atoms. The summed E-state index contributed by atoms with van der Waals surface area (Å²) >= 11 is 0. The van der Waals surface area contributed by atoms with E-state index in [0.717, 1.165) is 6.61 Å². The molecule has 0 amide bonds. The minimum Gasteiger partial charge on any atom is -0.358 e. The van der Waals surface area contributed by atoms with E-state index in [-0.39, 0.29) is 6.23 Å². The van der Waals surface area contributed by atoms with E-state index in [9.17, 15) is 0 Å². The molecule has 6 rings (SSSR count). The number of ether oxygens (including phenoxy) is 1. The molecule has 114 valence electrons. The molecule has 0 N–H and O–H groups in total. The molecule has 3 heteroatoms. The van der Waals surface area contributed by atoms with E-state index in [1.165, 1.54) is 56.1 Å². The Morgan fingerprint density at radius 2 is 2.09 bits per heavy atom. The minimum atomic E-state index is 0.275. The van der Waals surface area contributed by atoms with Gasteiger partial charge in [0.25, 0.3) is 0 Å². The monoisotopic (exact) mass is 294 g/mol. The minimum absolute atomic E-state index is 0.275. The molecule has 2 aromatic rings. The van der Waals surface area contributed by atoms with Crippen LogP contribution in [-0.2, 0) is 11.2 Å². The highest BCUT2D eigenvalue weighted by Crippen LogP contribution is 2.61. The van der Waals surface area contributed by atoms with E-state index >= 15 is 0 Å². The molecular weight excluding hydrogens is 272 g/mol. The fourth-order valence-electron chi connectivity index (χ4n) is 6.02. The molecular formula is C19H22N2O. The van der Waals surface area contributed by atoms with E-state index in [1.807, 2.05) is 0 Å². The molecule has 0 radical (unpaired) electrons. The fourth-order valence-corrected chi connectivity index (χ4v) is 6.02. The number of piperidine rings is 1. The number of hydrogen-bond donors (Lipinski definition) is 0. The van der Waals surface area contributed by atoms with Gasteiger partial charge < -0.3 is 9.30 Å². The lowest BCUT2D eigenvalue weighted by Gasteiger charge is -2.58. The maximum Gasteiger partial charge on any atom is 0.134 e. The van der Waals surface area contributed by atoms with Crippen LogP contribution in [0.1, 0.15) is 49.2 Å². The van der Waals surface area contributed by atoms with Gasteiger partial charge >= 0.3 is 0 Å². The number of fused-ring (bicyclic) bond motifs is 5. The number of nitrogens with zero attached hydrogens (tertiary/aromatic N) is 2. The normalized spacial score (nSPS) is 36.4. The van der Waals surface area contributed by atoms with Crippen molar-refractivity contribution in [1.82, 2.24) is 9.47 Å². The fraction of sp³-hybridized carbons (Fsp3) is 0.579. The van der Waals surface area contributed by atoms with Gasteiger partial charge in [0.1, 0.15) is 6.23 Å². The molecule has 22 heavy (non-hydrogen) atoms. The van der Waals surface area contributed by atoms with Crippen LogP contribution in [0, 0.1) is 5.41 Å². The van der Waals surface area contributed by atoms with Crippen molar-refractivity contribution >= 4 is 10.9 Å². The van der Waals surface area contributed by atoms with Crippen LogP contribution in [0.4, 0.5) is 0 Å². The Labute approximate surface area is 130 Å². The van der Waals surface area contributed by atoms with Gasteiger partial charge in [-0.05, 0) is 49.3 Å². The lowest BCUT2D eigenvalue weighted by atomic mass is 9.63. The zero-order chi connectivity index (χ0) is 14.3. The molecule has 0 aliphatic carbocycles. The molecule has 4 aliphatic rings. The highest BCUT2D eigenvalue weighted by molar-refractivity contribution is 5.86. The maximum absolute atomic E-state index is 6.24. The van der Waals surface area contributed by atoms with Gasteiger partial charge in [0.2, 0.25) is 0 Å². The van der Waals surface area contributed by atoms with Crippen LogP contribution in [0.5, 0.6) is 0 Å². The van der Waals surface area contributed by atoms with Gasteiger partial charge in [-0.3, -0.25) is 4.90 Å². The van der Waals surface area contributed by atoms with E-state index in [0.29, 0.717) is 11.5 Å². The highest BCUT2D eigenvalue weighted by atomic mass is 16.5. The first-order chi connectivity index (χ1) is 10.9. The summed E-state index contributed by atoms with van der Waals surface area (Å²) in [5.74, 6) is 0. The van der Waals surface area contributed by atoms with Crippen molar-refractivity contribution in [3.8, 4) is 0 Å². The van der Waals surface area contributed by atoms with E-state index in [2.05, 4.69) is 33.7 Å². The summed E-state index contributed by atoms with van der Waals surface area (Å²) in [6, 6.07) is 9.65. The highest BCUT2D eigenvalue weighted by Gasteiger charge is 2.55. The molecule has 0 unspecified atom stereocenters. The van der Waals surface area contributed by atoms with Gasteiger partial charge in [0, 0.05) is 30.7 Å². The summed E-state index contributed by atoms with van der Waals surface area (Å²) in [4.78, 5) is 2.79. The molecule has 2 saturated heterocycles. The Balaban J connectivity index is 1.73. The molecule has 3 atom stereocenters. The van der Waals surface area contributed by atoms with Gasteiger partial charge in [-0.25, -0.2) is 0 Å². The van der Waals surface area contributed by atoms with Crippen LogP contribution in [0.15, 0.2) is 24.3 Å². The molecule has 1 aromatic heterocycles. The molecule has 0 saturated carbocycles. The van der Waals surface area contributed by atoms with Gasteiger partial charge in [-0.15, -0.1) is 0 Å². The van der Waals surface area contributed by atoms with Gasteiger partial charge in [0.05, 0.1) is 11.6 Å². The molecule has 2 fully saturated rings. The van der Waals surface area contributed by atoms with Gasteiger partial charge in [-0.2, -0.15) is 0 Å². The van der Waals surface area contributed by atoms with Crippen LogP contribution in [-0.4, -0.2) is 29.2 Å². The second-order valence-electron chi connectivity index (χ2n) is 7.68. The average Bonchev–Trinajstić information content (AvgIpc) is 2.89. The van der Waals surface area contributed by atoms with Crippen molar-refractivity contribution in [2.75, 3.05) is 19.7 Å². The zero-order valence-corrected chi connectivity index (χ0v) is 12.9. The summed E-state index contributed by atoms with van der Waals surface area (Å²) in [6.45, 7) is 3.48. The van der Waals surface area contributed by atoms with Crippen molar-refractivity contribution in [3.05, 3.63) is 35.5 Å². The summed E-state index contributed by atoms with van der Waals surface area (Å²) in [5.41, 5.74) is 5.13. The summed E-state index contributed by atoms with van der Waals surface area (Å²) in [7, 11) is 0. The zero-order valence-electron chi connectivity index (χ0n) is 12.9. The molecule has 1 spiro atoms. The van der Waals surface area contributed by atoms with Crippen molar-refractivity contribution in [1.29, 1.82) is 0 Å². The maximum atomic E-state index is 6.24. The van der Waals surface area contributed by atoms with Crippen LogP contribution in [0.3, 0.4) is 0 Å². The topological polar surface area (TPSA) is 17.4 Å². The second kappa shape index (κ2) is 3.95. The SMILES string of the molecule is c1ccc2c(c1)c1c3n2[C@H]2C[C@]4(CCCN(CC1)[C@H]34)CCO2. The summed E-state index contributed by atoms with van der Waals surface area (Å²) in [5, 5.41) is 1.48. The summed E-state index contributed by atoms with van der Waals surface area (Å²) in [6.07, 6.45) is 6.73. The van der Waals surface area contributed by atoms with Crippen molar-refractivity contribution in [2.45, 2.75) is 44.4 Å². The Morgan fingerprint density at radius 1 is 1.14 bits per heavy atom. The Kier molecular flexibility index (Phi) is 2.18. The first-order valence-corrected chi connectivity index (χ1v) is 8.85. The summed E-state index contributed by atoms with van der Waals surface area (Å²) < 4.78 is 8.82. The van der Waals surface area contributed by atoms with Gasteiger partial charge in [0.15, 0.2) is 0 Å². The van der Waals surface area contributed by atoms with Gasteiger partial charge in [-0.1, -0.05) is 18.2 Å². The molecule has 3 nitrogen and oxygen atoms in total. The number of aromatic nitrogens is 1. The second-order valence-corrected chi connectivity index (χ2v) is 7.68. The molecule has 5 heterocycles. The third-order valence-corrected chi connectivity index (χ3v) is 6.81. The first-order valence-electron chi connectivity index (χ1n) is 8.85. The number of rotatable bonds is 0. The predicted octanol–water partition coefficient (Wildman–Crippen LogP) is 3.64. The Bertz CT molecular complexity index is 775. The standard InChI is InChI=1S/C19H22N2O/c1-2-5-15-13(4-1)14-6-10-20-9-3-7-19-8-11-22-16(12-19)21(15)17(14)18(19)20/h1-2,4-5,16,18H,3,6-12H2/t16-,18-,19+/m1/s1. The molecule has 1 aromatic carbocycles. The van der Waals surface area contributed by atoms with Crippen molar-refractivity contribution < 1.29 is 4.74 Å². The van der Waals surface area contributed by atoms with Crippen LogP contribution in [0.2, 0.25) is 0 Å². The van der Waals surface area contributed by atoms with E-state index in [1.54, 1.807) is 11.3 Å². The smallest absolute Gasteiger partial charge is 0.134 e. The predicted molar refractivity (Wildman–Crippen MR) is 85.8 cm³/mol. The Morgan fingerprint density at radius 3 is 3.09 bits per heavy atom. The lowest BCUT2D eigenvalue weighted by Crippen LogP contribution is -2.55.